The van der Waals surface area contributed by atoms with Crippen LogP contribution in [0, 0.1) is 4.78 Å². The lowest BCUT2D eigenvalue weighted by Crippen LogP contribution is -2.44. The number of aliphatic hydroxyl groups is 1. The molecule has 10 heteroatoms. The average molecular weight is 368 g/mol. The van der Waals surface area contributed by atoms with E-state index in [1.165, 1.54) is 18.2 Å². The van der Waals surface area contributed by atoms with Crippen molar-refractivity contribution in [1.29, 1.82) is 4.78 Å². The van der Waals surface area contributed by atoms with Gasteiger partial charge in [-0.05, 0) is 12.0 Å². The van der Waals surface area contributed by atoms with Crippen LogP contribution >= 0.6 is 0 Å². The van der Waals surface area contributed by atoms with Crippen LogP contribution in [0.1, 0.15) is 18.4 Å². The summed E-state index contributed by atoms with van der Waals surface area (Å²) in [4.78, 5) is 10.6. The SMILES string of the molecule is N=[S@](=O)(CC[C@H](N)C(=O)O)CCC(O)(c1ccccc1)C(F)(F)F. The predicted molar refractivity (Wildman–Crippen MR) is 81.8 cm³/mol. The summed E-state index contributed by atoms with van der Waals surface area (Å²) in [6.45, 7) is 0. The first-order chi connectivity index (χ1) is 10.9. The van der Waals surface area contributed by atoms with Crippen LogP contribution in [0.4, 0.5) is 13.2 Å². The highest BCUT2D eigenvalue weighted by atomic mass is 32.2. The maximum absolute atomic E-state index is 13.3. The second-order valence-electron chi connectivity index (χ2n) is 5.43. The minimum atomic E-state index is -5.01. The number of halogens is 3. The highest BCUT2D eigenvalue weighted by Crippen LogP contribution is 2.41. The Bertz CT molecular complexity index is 664. The van der Waals surface area contributed by atoms with E-state index in [-0.39, 0.29) is 6.42 Å². The molecule has 1 aromatic carbocycles. The van der Waals surface area contributed by atoms with E-state index in [9.17, 15) is 27.3 Å². The molecule has 24 heavy (non-hydrogen) atoms. The molecule has 0 radical (unpaired) electrons. The van der Waals surface area contributed by atoms with E-state index >= 15 is 0 Å². The number of hydrogen-bond donors (Lipinski definition) is 4. The molecule has 0 fully saturated rings. The molecule has 6 nitrogen and oxygen atoms in total. The standard InChI is InChI=1S/C14H19F3N2O4S/c15-14(16,17)13(22,10-4-2-1-3-5-10)7-9-24(19,23)8-6-11(18)12(20)21/h1-5,11,19,22H,6-9,18H2,(H,20,21)/t11-,13?,24-/m0/s1. The van der Waals surface area contributed by atoms with Gasteiger partial charge in [-0.3, -0.25) is 9.57 Å². The van der Waals surface area contributed by atoms with E-state index in [1.54, 1.807) is 0 Å². The monoisotopic (exact) mass is 368 g/mol. The lowest BCUT2D eigenvalue weighted by molar-refractivity contribution is -0.267. The summed E-state index contributed by atoms with van der Waals surface area (Å²) in [7, 11) is -3.51. The second-order valence-corrected chi connectivity index (χ2v) is 7.87. The zero-order valence-electron chi connectivity index (χ0n) is 12.6. The topological polar surface area (TPSA) is 124 Å². The van der Waals surface area contributed by atoms with E-state index in [1.807, 2.05) is 0 Å². The fourth-order valence-corrected chi connectivity index (χ4v) is 3.48. The number of nitrogens with one attached hydrogen (secondary N) is 1. The Morgan fingerprint density at radius 1 is 1.25 bits per heavy atom. The van der Waals surface area contributed by atoms with Gasteiger partial charge in [-0.15, -0.1) is 0 Å². The normalized spacial score (nSPS) is 18.4. The van der Waals surface area contributed by atoms with Gasteiger partial charge in [-0.2, -0.15) is 13.2 Å². The van der Waals surface area contributed by atoms with Crippen molar-refractivity contribution >= 4 is 15.7 Å². The third kappa shape index (κ3) is 5.18. The highest BCUT2D eigenvalue weighted by molar-refractivity contribution is 7.92. The largest absolute Gasteiger partial charge is 0.480 e. The van der Waals surface area contributed by atoms with E-state index in [0.29, 0.717) is 0 Å². The smallest absolute Gasteiger partial charge is 0.421 e. The molecule has 5 N–H and O–H groups in total. The number of nitrogens with two attached hydrogens (primary N) is 1. The number of benzene rings is 1. The number of carbonyl (C=O) groups is 1. The molecule has 0 heterocycles. The summed E-state index contributed by atoms with van der Waals surface area (Å²) in [6.07, 6.45) is -6.28. The van der Waals surface area contributed by atoms with Crippen molar-refractivity contribution in [2.75, 3.05) is 11.5 Å². The Morgan fingerprint density at radius 3 is 2.25 bits per heavy atom. The van der Waals surface area contributed by atoms with Crippen LogP contribution in [0.25, 0.3) is 0 Å². The maximum Gasteiger partial charge on any atom is 0.421 e. The highest BCUT2D eigenvalue weighted by Gasteiger charge is 2.54. The molecule has 0 aliphatic heterocycles. The maximum atomic E-state index is 13.3. The van der Waals surface area contributed by atoms with E-state index < -0.39 is 57.0 Å². The Kier molecular flexibility index (Phi) is 6.37. The van der Waals surface area contributed by atoms with Crippen molar-refractivity contribution in [3.63, 3.8) is 0 Å². The van der Waals surface area contributed by atoms with Gasteiger partial charge in [0.05, 0.1) is 0 Å². The molecule has 1 aromatic rings. The summed E-state index contributed by atoms with van der Waals surface area (Å²) in [5.41, 5.74) is 1.59. The zero-order valence-corrected chi connectivity index (χ0v) is 13.4. The Labute approximate surface area is 137 Å². The third-order valence-electron chi connectivity index (χ3n) is 3.59. The molecule has 0 aromatic heterocycles. The first-order valence-corrected chi connectivity index (χ1v) is 8.86. The number of carboxylic acids is 1. The minimum absolute atomic E-state index is 0.298. The fourth-order valence-electron chi connectivity index (χ4n) is 2.02. The number of alkyl halides is 3. The van der Waals surface area contributed by atoms with Crippen LogP contribution in [0.5, 0.6) is 0 Å². The summed E-state index contributed by atoms with van der Waals surface area (Å²) < 4.78 is 59.5. The molecular weight excluding hydrogens is 349 g/mol. The van der Waals surface area contributed by atoms with Crippen LogP contribution < -0.4 is 5.73 Å². The van der Waals surface area contributed by atoms with Gasteiger partial charge in [-0.25, -0.2) is 4.21 Å². The van der Waals surface area contributed by atoms with Crippen LogP contribution in [0.2, 0.25) is 0 Å². The average Bonchev–Trinajstić information content (AvgIpc) is 2.50. The van der Waals surface area contributed by atoms with Gasteiger partial charge in [0.1, 0.15) is 6.04 Å². The molecular formula is C14H19F3N2O4S. The fraction of sp³-hybridized carbons (Fsp3) is 0.500. The number of aliphatic carboxylic acids is 1. The quantitative estimate of drug-likeness (QED) is 0.556. The molecule has 0 saturated carbocycles. The molecule has 0 spiro atoms. The molecule has 3 atom stereocenters. The lowest BCUT2D eigenvalue weighted by Gasteiger charge is -2.31. The molecule has 0 bridgehead atoms. The number of hydrogen-bond acceptors (Lipinski definition) is 5. The Balaban J connectivity index is 2.88. The van der Waals surface area contributed by atoms with Crippen LogP contribution in [0.15, 0.2) is 30.3 Å². The van der Waals surface area contributed by atoms with Crippen LogP contribution in [-0.4, -0.2) is 44.1 Å². The van der Waals surface area contributed by atoms with Crippen molar-refractivity contribution in [2.45, 2.75) is 30.7 Å². The van der Waals surface area contributed by atoms with Gasteiger partial charge in [-0.1, -0.05) is 30.3 Å². The third-order valence-corrected chi connectivity index (χ3v) is 5.35. The molecule has 0 aliphatic rings. The predicted octanol–water partition coefficient (Wildman–Crippen LogP) is 1.68. The van der Waals surface area contributed by atoms with Crippen molar-refractivity contribution in [3.8, 4) is 0 Å². The summed E-state index contributed by atoms with van der Waals surface area (Å²) in [6, 6.07) is 5.00. The van der Waals surface area contributed by atoms with E-state index in [4.69, 9.17) is 15.6 Å². The Hall–Kier alpha value is -1.65. The first-order valence-electron chi connectivity index (χ1n) is 6.96. The van der Waals surface area contributed by atoms with Crippen molar-refractivity contribution in [1.82, 2.24) is 0 Å². The molecule has 0 aliphatic carbocycles. The molecule has 1 rings (SSSR count). The minimum Gasteiger partial charge on any atom is -0.480 e. The first kappa shape index (κ1) is 20.4. The van der Waals surface area contributed by atoms with E-state index in [2.05, 4.69) is 0 Å². The van der Waals surface area contributed by atoms with Crippen molar-refractivity contribution in [3.05, 3.63) is 35.9 Å². The summed E-state index contributed by atoms with van der Waals surface area (Å²) >= 11 is 0. The van der Waals surface area contributed by atoms with E-state index in [0.717, 1.165) is 12.1 Å². The zero-order chi connectivity index (χ0) is 18.6. The second kappa shape index (κ2) is 7.49. The summed E-state index contributed by atoms with van der Waals surface area (Å²) in [5, 5.41) is 18.7. The lowest BCUT2D eigenvalue weighted by atomic mass is 9.90. The van der Waals surface area contributed by atoms with Crippen LogP contribution in [0.3, 0.4) is 0 Å². The molecule has 0 amide bonds. The molecule has 136 valence electrons. The molecule has 1 unspecified atom stereocenters. The van der Waals surface area contributed by atoms with Crippen LogP contribution in [-0.2, 0) is 20.1 Å². The number of carboxylic acid groups (broad SMARTS) is 1. The van der Waals surface area contributed by atoms with Gasteiger partial charge in [0.15, 0.2) is 5.60 Å². The van der Waals surface area contributed by atoms with Crippen molar-refractivity contribution in [2.24, 2.45) is 5.73 Å². The van der Waals surface area contributed by atoms with Gasteiger partial charge < -0.3 is 15.9 Å². The van der Waals surface area contributed by atoms with Crippen molar-refractivity contribution < 1.29 is 32.4 Å². The Morgan fingerprint density at radius 2 is 1.79 bits per heavy atom. The van der Waals surface area contributed by atoms with Gasteiger partial charge in [0, 0.05) is 27.7 Å². The van der Waals surface area contributed by atoms with Gasteiger partial charge in [0.25, 0.3) is 0 Å². The summed E-state index contributed by atoms with van der Waals surface area (Å²) in [5.74, 6) is -2.53. The van der Waals surface area contributed by atoms with Gasteiger partial charge >= 0.3 is 12.1 Å². The molecule has 0 saturated heterocycles. The number of rotatable bonds is 8. The van der Waals surface area contributed by atoms with Gasteiger partial charge in [0.2, 0.25) is 0 Å².